The van der Waals surface area contributed by atoms with Crippen molar-refractivity contribution in [1.29, 1.82) is 0 Å². The maximum Gasteiger partial charge on any atom is 0.356 e. The third-order valence-corrected chi connectivity index (χ3v) is 3.70. The van der Waals surface area contributed by atoms with Gasteiger partial charge in [0.25, 0.3) is 0 Å². The number of ether oxygens (including phenoxy) is 2. The summed E-state index contributed by atoms with van der Waals surface area (Å²) < 4.78 is 12.2. The van der Waals surface area contributed by atoms with Crippen LogP contribution in [0.15, 0.2) is 35.1 Å². The highest BCUT2D eigenvalue weighted by atomic mass is 16.5. The van der Waals surface area contributed by atoms with E-state index in [-0.39, 0.29) is 12.3 Å². The monoisotopic (exact) mass is 357 g/mol. The largest absolute Gasteiger partial charge is 0.497 e. The standard InChI is InChI=1S/C17H15N3O6/c1-3-26-15(21)6-7-19-13-5-4-10(25-2)8-11(13)14-9-12(16(22)23)18-20(14)17(19)24/h4-9H,3H2,1-2H3,(H,22,23). The Bertz CT molecular complexity index is 1110. The van der Waals surface area contributed by atoms with Gasteiger partial charge in [0.2, 0.25) is 0 Å². The van der Waals surface area contributed by atoms with Crippen LogP contribution in [0.3, 0.4) is 0 Å². The average molecular weight is 357 g/mol. The fourth-order valence-electron chi connectivity index (χ4n) is 2.56. The highest BCUT2D eigenvalue weighted by Crippen LogP contribution is 2.24. The zero-order valence-corrected chi connectivity index (χ0v) is 14.0. The molecule has 0 saturated carbocycles. The van der Waals surface area contributed by atoms with Gasteiger partial charge in [-0.05, 0) is 31.2 Å². The van der Waals surface area contributed by atoms with Gasteiger partial charge < -0.3 is 14.6 Å². The molecule has 0 aliphatic heterocycles. The minimum atomic E-state index is -1.25. The summed E-state index contributed by atoms with van der Waals surface area (Å²) in [4.78, 5) is 35.5. The molecule has 0 saturated heterocycles. The molecule has 0 radical (unpaired) electrons. The number of carbonyl (C=O) groups excluding carboxylic acids is 1. The topological polar surface area (TPSA) is 112 Å². The van der Waals surface area contributed by atoms with Gasteiger partial charge in [0.05, 0.1) is 24.8 Å². The van der Waals surface area contributed by atoms with Gasteiger partial charge in [-0.1, -0.05) is 0 Å². The van der Waals surface area contributed by atoms with E-state index in [2.05, 4.69) is 5.10 Å². The minimum absolute atomic E-state index is 0.205. The number of nitrogens with zero attached hydrogens (tertiary/aromatic N) is 3. The van der Waals surface area contributed by atoms with E-state index in [1.807, 2.05) is 0 Å². The van der Waals surface area contributed by atoms with Gasteiger partial charge in [0.1, 0.15) is 5.75 Å². The summed E-state index contributed by atoms with van der Waals surface area (Å²) in [5, 5.41) is 13.5. The van der Waals surface area contributed by atoms with Gasteiger partial charge in [0, 0.05) is 17.7 Å². The quantitative estimate of drug-likeness (QED) is 0.542. The molecular formula is C17H15N3O6. The van der Waals surface area contributed by atoms with Crippen molar-refractivity contribution in [2.45, 2.75) is 6.92 Å². The molecule has 0 unspecified atom stereocenters. The second-order valence-corrected chi connectivity index (χ2v) is 5.24. The molecule has 0 bridgehead atoms. The molecule has 26 heavy (non-hydrogen) atoms. The van der Waals surface area contributed by atoms with Crippen molar-refractivity contribution in [3.05, 3.63) is 46.5 Å². The average Bonchev–Trinajstić information content (AvgIpc) is 3.08. The van der Waals surface area contributed by atoms with Crippen LogP contribution >= 0.6 is 0 Å². The van der Waals surface area contributed by atoms with Crippen LogP contribution in [-0.2, 0) is 9.53 Å². The maximum absolute atomic E-state index is 12.7. The molecule has 0 aliphatic rings. The summed E-state index contributed by atoms with van der Waals surface area (Å²) in [6, 6.07) is 6.26. The van der Waals surface area contributed by atoms with Crippen molar-refractivity contribution >= 4 is 34.6 Å². The predicted molar refractivity (Wildman–Crippen MR) is 92.4 cm³/mol. The zero-order chi connectivity index (χ0) is 18.8. The Hall–Kier alpha value is -3.62. The molecule has 0 spiro atoms. The first kappa shape index (κ1) is 17.2. The molecule has 0 amide bonds. The van der Waals surface area contributed by atoms with E-state index in [4.69, 9.17) is 14.6 Å². The molecule has 2 aromatic heterocycles. The lowest BCUT2D eigenvalue weighted by Gasteiger charge is -2.09. The Morgan fingerprint density at radius 2 is 2.04 bits per heavy atom. The molecule has 0 aliphatic carbocycles. The second kappa shape index (κ2) is 6.71. The van der Waals surface area contributed by atoms with Crippen molar-refractivity contribution < 1.29 is 24.2 Å². The van der Waals surface area contributed by atoms with E-state index in [1.54, 1.807) is 25.1 Å². The third kappa shape index (κ3) is 2.90. The number of methoxy groups -OCH3 is 1. The predicted octanol–water partition coefficient (Wildman–Crippen LogP) is 1.39. The number of carbonyl (C=O) groups is 2. The molecule has 9 nitrogen and oxygen atoms in total. The molecule has 1 aromatic carbocycles. The number of carboxylic acids is 1. The zero-order valence-electron chi connectivity index (χ0n) is 14.0. The van der Waals surface area contributed by atoms with Crippen LogP contribution in [0.4, 0.5) is 0 Å². The molecule has 1 N–H and O–H groups in total. The third-order valence-electron chi connectivity index (χ3n) is 3.70. The Morgan fingerprint density at radius 3 is 2.69 bits per heavy atom. The van der Waals surface area contributed by atoms with Crippen LogP contribution < -0.4 is 10.4 Å². The van der Waals surface area contributed by atoms with Crippen molar-refractivity contribution in [2.75, 3.05) is 13.7 Å². The number of aromatic carboxylic acids is 1. The number of carboxylic acid groups (broad SMARTS) is 1. The number of benzene rings is 1. The number of aromatic nitrogens is 3. The van der Waals surface area contributed by atoms with Crippen LogP contribution in [0.5, 0.6) is 5.75 Å². The van der Waals surface area contributed by atoms with Crippen LogP contribution in [-0.4, -0.2) is 44.9 Å². The summed E-state index contributed by atoms with van der Waals surface area (Å²) >= 11 is 0. The molecule has 134 valence electrons. The number of hydrogen-bond donors (Lipinski definition) is 1. The van der Waals surface area contributed by atoms with Gasteiger partial charge in [-0.15, -0.1) is 0 Å². The van der Waals surface area contributed by atoms with Crippen LogP contribution in [0.2, 0.25) is 0 Å². The summed E-state index contributed by atoms with van der Waals surface area (Å²) in [5.41, 5.74) is -0.105. The van der Waals surface area contributed by atoms with Crippen molar-refractivity contribution in [1.82, 2.24) is 14.2 Å². The molecule has 0 atom stereocenters. The molecule has 0 fully saturated rings. The van der Waals surface area contributed by atoms with Gasteiger partial charge >= 0.3 is 17.6 Å². The first-order valence-electron chi connectivity index (χ1n) is 7.66. The van der Waals surface area contributed by atoms with Crippen LogP contribution in [0.1, 0.15) is 17.4 Å². The lowest BCUT2D eigenvalue weighted by molar-refractivity contribution is -0.137. The van der Waals surface area contributed by atoms with Crippen LogP contribution in [0, 0.1) is 0 Å². The van der Waals surface area contributed by atoms with E-state index in [0.29, 0.717) is 22.2 Å². The van der Waals surface area contributed by atoms with E-state index in [1.165, 1.54) is 23.9 Å². The molecule has 2 heterocycles. The van der Waals surface area contributed by atoms with Gasteiger partial charge in [-0.3, -0.25) is 4.57 Å². The second-order valence-electron chi connectivity index (χ2n) is 5.24. The highest BCUT2D eigenvalue weighted by Gasteiger charge is 2.16. The van der Waals surface area contributed by atoms with Crippen LogP contribution in [0.25, 0.3) is 22.6 Å². The molecular weight excluding hydrogens is 342 g/mol. The van der Waals surface area contributed by atoms with Gasteiger partial charge in [-0.25, -0.2) is 14.4 Å². The van der Waals surface area contributed by atoms with Crippen molar-refractivity contribution in [3.63, 3.8) is 0 Å². The van der Waals surface area contributed by atoms with Gasteiger partial charge in [0.15, 0.2) is 5.69 Å². The fraction of sp³-hybridized carbons (Fsp3) is 0.176. The van der Waals surface area contributed by atoms with E-state index in [0.717, 1.165) is 10.6 Å². The normalized spacial score (nSPS) is 11.3. The Morgan fingerprint density at radius 1 is 1.27 bits per heavy atom. The summed E-state index contributed by atoms with van der Waals surface area (Å²) in [7, 11) is 1.49. The minimum Gasteiger partial charge on any atom is -0.497 e. The summed E-state index contributed by atoms with van der Waals surface area (Å²) in [6.45, 7) is 1.87. The lowest BCUT2D eigenvalue weighted by atomic mass is 10.2. The Labute approximate surface area is 146 Å². The highest BCUT2D eigenvalue weighted by molar-refractivity contribution is 5.98. The summed E-state index contributed by atoms with van der Waals surface area (Å²) in [6.07, 6.45) is 2.37. The number of fused-ring (bicyclic) bond motifs is 3. The van der Waals surface area contributed by atoms with E-state index >= 15 is 0 Å². The first-order valence-corrected chi connectivity index (χ1v) is 7.66. The number of hydrogen-bond acceptors (Lipinski definition) is 6. The maximum atomic E-state index is 12.7. The SMILES string of the molecule is CCOC(=O)C=Cn1c(=O)n2nc(C(=O)O)cc2c2cc(OC)ccc21. The molecule has 3 rings (SSSR count). The smallest absolute Gasteiger partial charge is 0.356 e. The Balaban J connectivity index is 2.35. The molecule has 3 aromatic rings. The van der Waals surface area contributed by atoms with E-state index in [9.17, 15) is 14.4 Å². The fourth-order valence-corrected chi connectivity index (χ4v) is 2.56. The molecule has 9 heteroatoms. The van der Waals surface area contributed by atoms with Crippen molar-refractivity contribution in [3.8, 4) is 5.75 Å². The van der Waals surface area contributed by atoms with E-state index < -0.39 is 17.6 Å². The first-order chi connectivity index (χ1) is 12.5. The number of esters is 1. The van der Waals surface area contributed by atoms with Crippen molar-refractivity contribution in [2.24, 2.45) is 0 Å². The summed E-state index contributed by atoms with van der Waals surface area (Å²) in [5.74, 6) is -1.33. The Kier molecular flexibility index (Phi) is 4.44. The van der Waals surface area contributed by atoms with Gasteiger partial charge in [-0.2, -0.15) is 9.61 Å². The lowest BCUT2D eigenvalue weighted by Crippen LogP contribution is -2.25. The number of rotatable bonds is 5.